The van der Waals surface area contributed by atoms with E-state index in [1.807, 2.05) is 49.4 Å². The largest absolute Gasteiger partial charge is 0.490 e. The highest BCUT2D eigenvalue weighted by Crippen LogP contribution is 2.25. The molecule has 2 rings (SSSR count). The second kappa shape index (κ2) is 6.83. The highest BCUT2D eigenvalue weighted by molar-refractivity contribution is 9.10. The van der Waals surface area contributed by atoms with Crippen LogP contribution in [0, 0.1) is 6.92 Å². The number of rotatable bonds is 5. The molecule has 0 aliphatic carbocycles. The van der Waals surface area contributed by atoms with Crippen molar-refractivity contribution in [3.8, 4) is 11.5 Å². The lowest BCUT2D eigenvalue weighted by molar-refractivity contribution is 0.217. The fraction of sp³-hybridized carbons (Fsp3) is 0.200. The zero-order valence-electron chi connectivity index (χ0n) is 10.5. The molecule has 100 valence electrons. The van der Waals surface area contributed by atoms with Crippen molar-refractivity contribution in [1.29, 1.82) is 0 Å². The molecule has 0 heterocycles. The fourth-order valence-electron chi connectivity index (χ4n) is 1.56. The molecule has 0 atom stereocenters. The van der Waals surface area contributed by atoms with Crippen LogP contribution >= 0.6 is 27.5 Å². The molecule has 0 aliphatic heterocycles. The molecule has 0 aliphatic rings. The molecule has 0 aromatic heterocycles. The van der Waals surface area contributed by atoms with Gasteiger partial charge in [-0.1, -0.05) is 33.6 Å². The Morgan fingerprint density at radius 1 is 1.00 bits per heavy atom. The average molecular weight is 342 g/mol. The minimum Gasteiger partial charge on any atom is -0.490 e. The lowest BCUT2D eigenvalue weighted by atomic mass is 10.2. The van der Waals surface area contributed by atoms with Crippen LogP contribution in [-0.2, 0) is 0 Å². The zero-order chi connectivity index (χ0) is 13.7. The van der Waals surface area contributed by atoms with Crippen LogP contribution in [-0.4, -0.2) is 13.2 Å². The van der Waals surface area contributed by atoms with Crippen molar-refractivity contribution in [2.24, 2.45) is 0 Å². The lowest BCUT2D eigenvalue weighted by Gasteiger charge is -2.10. The Morgan fingerprint density at radius 2 is 1.68 bits per heavy atom. The third-order valence-corrected chi connectivity index (χ3v) is 3.35. The van der Waals surface area contributed by atoms with Gasteiger partial charge in [-0.3, -0.25) is 0 Å². The van der Waals surface area contributed by atoms with Crippen LogP contribution in [0.15, 0.2) is 46.9 Å². The topological polar surface area (TPSA) is 18.5 Å². The maximum atomic E-state index is 6.04. The molecular formula is C15H14BrClO2. The van der Waals surface area contributed by atoms with Crippen LogP contribution in [0.2, 0.25) is 5.02 Å². The maximum absolute atomic E-state index is 6.04. The van der Waals surface area contributed by atoms with Crippen LogP contribution in [0.3, 0.4) is 0 Å². The maximum Gasteiger partial charge on any atom is 0.138 e. The van der Waals surface area contributed by atoms with Gasteiger partial charge in [0, 0.05) is 4.47 Å². The average Bonchev–Trinajstić information content (AvgIpc) is 2.40. The SMILES string of the molecule is Cc1ccc(Cl)c(OCCOc2ccc(Br)cc2)c1. The van der Waals surface area contributed by atoms with E-state index in [9.17, 15) is 0 Å². The summed E-state index contributed by atoms with van der Waals surface area (Å²) >= 11 is 9.42. The summed E-state index contributed by atoms with van der Waals surface area (Å²) in [6, 6.07) is 13.4. The zero-order valence-corrected chi connectivity index (χ0v) is 12.9. The van der Waals surface area contributed by atoms with E-state index in [1.54, 1.807) is 0 Å². The molecule has 4 heteroatoms. The van der Waals surface area contributed by atoms with Crippen molar-refractivity contribution >= 4 is 27.5 Å². The van der Waals surface area contributed by atoms with E-state index in [-0.39, 0.29) is 0 Å². The van der Waals surface area contributed by atoms with Crippen molar-refractivity contribution in [1.82, 2.24) is 0 Å². The molecule has 19 heavy (non-hydrogen) atoms. The predicted octanol–water partition coefficient (Wildman–Crippen LogP) is 4.87. The molecule has 0 saturated carbocycles. The Kier molecular flexibility index (Phi) is 5.11. The van der Waals surface area contributed by atoms with Gasteiger partial charge in [0.15, 0.2) is 0 Å². The van der Waals surface area contributed by atoms with E-state index in [0.29, 0.717) is 24.0 Å². The summed E-state index contributed by atoms with van der Waals surface area (Å²) in [7, 11) is 0. The van der Waals surface area contributed by atoms with E-state index in [2.05, 4.69) is 15.9 Å². The minimum atomic E-state index is 0.458. The third kappa shape index (κ3) is 4.44. The molecule has 0 fully saturated rings. The molecule has 2 aromatic carbocycles. The van der Waals surface area contributed by atoms with E-state index in [1.165, 1.54) is 0 Å². The third-order valence-electron chi connectivity index (χ3n) is 2.51. The van der Waals surface area contributed by atoms with E-state index in [4.69, 9.17) is 21.1 Å². The second-order valence-corrected chi connectivity index (χ2v) is 5.41. The highest BCUT2D eigenvalue weighted by atomic mass is 79.9. The minimum absolute atomic E-state index is 0.458. The Balaban J connectivity index is 1.80. The lowest BCUT2D eigenvalue weighted by Crippen LogP contribution is -2.09. The first-order valence-corrected chi connectivity index (χ1v) is 7.09. The summed E-state index contributed by atoms with van der Waals surface area (Å²) in [5, 5.41) is 0.620. The van der Waals surface area contributed by atoms with Gasteiger partial charge in [-0.05, 0) is 48.9 Å². The molecular weight excluding hydrogens is 328 g/mol. The molecule has 0 unspecified atom stereocenters. The van der Waals surface area contributed by atoms with Gasteiger partial charge in [0.1, 0.15) is 24.7 Å². The molecule has 2 nitrogen and oxygen atoms in total. The Hall–Kier alpha value is -1.19. The number of benzene rings is 2. The summed E-state index contributed by atoms with van der Waals surface area (Å²) in [6.07, 6.45) is 0. The summed E-state index contributed by atoms with van der Waals surface area (Å²) in [4.78, 5) is 0. The first kappa shape index (κ1) is 14.2. The van der Waals surface area contributed by atoms with Crippen LogP contribution in [0.5, 0.6) is 11.5 Å². The number of aryl methyl sites for hydroxylation is 1. The van der Waals surface area contributed by atoms with Crippen molar-refractivity contribution in [2.75, 3.05) is 13.2 Å². The van der Waals surface area contributed by atoms with Gasteiger partial charge in [-0.25, -0.2) is 0 Å². The normalized spacial score (nSPS) is 10.3. The molecule has 0 radical (unpaired) electrons. The van der Waals surface area contributed by atoms with Crippen molar-refractivity contribution in [2.45, 2.75) is 6.92 Å². The summed E-state index contributed by atoms with van der Waals surface area (Å²) in [5.74, 6) is 1.52. The van der Waals surface area contributed by atoms with Crippen LogP contribution in [0.25, 0.3) is 0 Å². The van der Waals surface area contributed by atoms with Crippen LogP contribution < -0.4 is 9.47 Å². The molecule has 0 amide bonds. The summed E-state index contributed by atoms with van der Waals surface area (Å²) in [6.45, 7) is 2.94. The molecule has 0 spiro atoms. The Morgan fingerprint density at radius 3 is 2.42 bits per heavy atom. The Bertz CT molecular complexity index is 540. The van der Waals surface area contributed by atoms with Gasteiger partial charge in [-0.2, -0.15) is 0 Å². The van der Waals surface area contributed by atoms with E-state index in [0.717, 1.165) is 15.8 Å². The monoisotopic (exact) mass is 340 g/mol. The number of halogens is 2. The van der Waals surface area contributed by atoms with Crippen molar-refractivity contribution < 1.29 is 9.47 Å². The van der Waals surface area contributed by atoms with Gasteiger partial charge in [0.2, 0.25) is 0 Å². The molecule has 0 N–H and O–H groups in total. The van der Waals surface area contributed by atoms with Gasteiger partial charge < -0.3 is 9.47 Å². The van der Waals surface area contributed by atoms with Crippen LogP contribution in [0.4, 0.5) is 0 Å². The molecule has 0 bridgehead atoms. The quantitative estimate of drug-likeness (QED) is 0.722. The number of hydrogen-bond acceptors (Lipinski definition) is 2. The standard InChI is InChI=1S/C15H14BrClO2/c1-11-2-7-14(17)15(10-11)19-9-8-18-13-5-3-12(16)4-6-13/h2-7,10H,8-9H2,1H3. The van der Waals surface area contributed by atoms with Crippen LogP contribution in [0.1, 0.15) is 5.56 Å². The van der Waals surface area contributed by atoms with Gasteiger partial charge in [0.25, 0.3) is 0 Å². The fourth-order valence-corrected chi connectivity index (χ4v) is 2.00. The molecule has 2 aromatic rings. The van der Waals surface area contributed by atoms with E-state index >= 15 is 0 Å². The highest BCUT2D eigenvalue weighted by Gasteiger charge is 2.01. The van der Waals surface area contributed by atoms with E-state index < -0.39 is 0 Å². The summed E-state index contributed by atoms with van der Waals surface area (Å²) in [5.41, 5.74) is 1.12. The first-order chi connectivity index (χ1) is 9.15. The van der Waals surface area contributed by atoms with Gasteiger partial charge >= 0.3 is 0 Å². The second-order valence-electron chi connectivity index (χ2n) is 4.08. The molecule has 0 saturated heterocycles. The predicted molar refractivity (Wildman–Crippen MR) is 81.3 cm³/mol. The Labute approximate surface area is 126 Å². The van der Waals surface area contributed by atoms with Crippen molar-refractivity contribution in [3.63, 3.8) is 0 Å². The van der Waals surface area contributed by atoms with Crippen molar-refractivity contribution in [3.05, 3.63) is 57.5 Å². The van der Waals surface area contributed by atoms with Gasteiger partial charge in [-0.15, -0.1) is 0 Å². The number of hydrogen-bond donors (Lipinski definition) is 0. The summed E-state index contributed by atoms with van der Waals surface area (Å²) < 4.78 is 12.2. The smallest absolute Gasteiger partial charge is 0.138 e. The number of ether oxygens (including phenoxy) is 2. The van der Waals surface area contributed by atoms with Gasteiger partial charge in [0.05, 0.1) is 5.02 Å². The first-order valence-electron chi connectivity index (χ1n) is 5.92.